The first kappa shape index (κ1) is 8.82. The van der Waals surface area contributed by atoms with Gasteiger partial charge in [-0.2, -0.15) is 5.53 Å². The van der Waals surface area contributed by atoms with E-state index in [1.807, 2.05) is 6.79 Å². The van der Waals surface area contributed by atoms with Crippen molar-refractivity contribution in [1.29, 1.82) is 0 Å². The topological polar surface area (TPSA) is 81.1 Å². The van der Waals surface area contributed by atoms with Crippen LogP contribution in [0.1, 0.15) is 0 Å². The Morgan fingerprint density at radius 3 is 1.40 bits per heavy atom. The van der Waals surface area contributed by atoms with Crippen LogP contribution in [-0.2, 0) is 4.79 Å². The second-order valence-electron chi connectivity index (χ2n) is 0.167. The fourth-order valence-electron chi connectivity index (χ4n) is 0. The third-order valence-electron chi connectivity index (χ3n) is 0. The molecule has 4 nitrogen and oxygen atoms in total. The van der Waals surface area contributed by atoms with E-state index < -0.39 is 0 Å². The minimum Gasteiger partial charge on any atom is -0.307 e. The van der Waals surface area contributed by atoms with Crippen molar-refractivity contribution >= 4 is 6.79 Å². The molecular formula is CH7N3O. The van der Waals surface area contributed by atoms with Gasteiger partial charge in [0.05, 0.1) is 0 Å². The standard InChI is InChI=1S/CH2O.H5N3/c1-2;1-3-2/h1H2;3H,1-2H2. The highest BCUT2D eigenvalue weighted by atomic mass is 16.1. The maximum Gasteiger partial charge on any atom is 0.106 e. The van der Waals surface area contributed by atoms with Crippen molar-refractivity contribution in [2.45, 2.75) is 0 Å². The molecule has 5 heavy (non-hydrogen) atoms. The zero-order chi connectivity index (χ0) is 4.71. The van der Waals surface area contributed by atoms with E-state index in [2.05, 4.69) is 11.7 Å². The SMILES string of the molecule is C=O.NNN. The zero-order valence-corrected chi connectivity index (χ0v) is 2.77. The van der Waals surface area contributed by atoms with E-state index in [4.69, 9.17) is 4.79 Å². The molecule has 0 aliphatic carbocycles. The molecular weight excluding hydrogens is 70.0 g/mol. The van der Waals surface area contributed by atoms with Crippen LogP contribution in [0.2, 0.25) is 0 Å². The van der Waals surface area contributed by atoms with Gasteiger partial charge < -0.3 is 4.79 Å². The Hall–Kier alpha value is -0.450. The summed E-state index contributed by atoms with van der Waals surface area (Å²) >= 11 is 0. The Morgan fingerprint density at radius 1 is 1.40 bits per heavy atom. The third-order valence-corrected chi connectivity index (χ3v) is 0. The van der Waals surface area contributed by atoms with Gasteiger partial charge in [0, 0.05) is 0 Å². The van der Waals surface area contributed by atoms with E-state index >= 15 is 0 Å². The molecule has 0 radical (unpaired) electrons. The molecule has 0 aromatic rings. The number of hydrogen-bond donors (Lipinski definition) is 3. The van der Waals surface area contributed by atoms with Crippen molar-refractivity contribution < 1.29 is 4.79 Å². The monoisotopic (exact) mass is 77.1 g/mol. The lowest BCUT2D eigenvalue weighted by atomic mass is 11.9. The molecule has 0 aromatic carbocycles. The summed E-state index contributed by atoms with van der Waals surface area (Å²) in [5, 5.41) is 0. The lowest BCUT2D eigenvalue weighted by Gasteiger charge is -1.64. The van der Waals surface area contributed by atoms with Crippen LogP contribution in [0.4, 0.5) is 0 Å². The molecule has 0 aliphatic rings. The van der Waals surface area contributed by atoms with Gasteiger partial charge in [-0.15, -0.1) is 0 Å². The molecule has 0 heterocycles. The van der Waals surface area contributed by atoms with Gasteiger partial charge in [-0.1, -0.05) is 0 Å². The van der Waals surface area contributed by atoms with Gasteiger partial charge in [0.25, 0.3) is 0 Å². The molecule has 0 spiro atoms. The molecule has 0 saturated heterocycles. The van der Waals surface area contributed by atoms with Gasteiger partial charge in [-0.25, -0.2) is 0 Å². The Labute approximate surface area is 30.1 Å². The summed E-state index contributed by atoms with van der Waals surface area (Å²) < 4.78 is 0. The number of nitrogens with two attached hydrogens (primary N) is 2. The van der Waals surface area contributed by atoms with E-state index in [0.29, 0.717) is 0 Å². The van der Waals surface area contributed by atoms with E-state index in [9.17, 15) is 0 Å². The van der Waals surface area contributed by atoms with Crippen LogP contribution in [0.25, 0.3) is 0 Å². The van der Waals surface area contributed by atoms with E-state index in [-0.39, 0.29) is 0 Å². The van der Waals surface area contributed by atoms with Gasteiger partial charge in [0.1, 0.15) is 6.79 Å². The maximum absolute atomic E-state index is 8.00. The Morgan fingerprint density at radius 2 is 1.40 bits per heavy atom. The molecule has 0 aliphatic heterocycles. The van der Waals surface area contributed by atoms with Gasteiger partial charge in [-0.3, -0.25) is 11.7 Å². The van der Waals surface area contributed by atoms with E-state index in [1.54, 1.807) is 5.53 Å². The van der Waals surface area contributed by atoms with E-state index in [0.717, 1.165) is 0 Å². The highest BCUT2D eigenvalue weighted by molar-refractivity contribution is 5.10. The first-order valence-corrected chi connectivity index (χ1v) is 0.866. The van der Waals surface area contributed by atoms with Crippen LogP contribution in [0, 0.1) is 0 Å². The van der Waals surface area contributed by atoms with Crippen LogP contribution in [0.15, 0.2) is 0 Å². The van der Waals surface area contributed by atoms with Crippen molar-refractivity contribution in [3.63, 3.8) is 0 Å². The number of rotatable bonds is 0. The van der Waals surface area contributed by atoms with Crippen molar-refractivity contribution in [3.8, 4) is 0 Å². The number of nitrogens with one attached hydrogen (secondary N) is 1. The zero-order valence-electron chi connectivity index (χ0n) is 2.77. The Balaban J connectivity index is 0. The van der Waals surface area contributed by atoms with Crippen LogP contribution < -0.4 is 17.2 Å². The van der Waals surface area contributed by atoms with Crippen molar-refractivity contribution in [1.82, 2.24) is 5.53 Å². The van der Waals surface area contributed by atoms with Crippen molar-refractivity contribution in [3.05, 3.63) is 0 Å². The quantitative estimate of drug-likeness (QED) is 0.234. The van der Waals surface area contributed by atoms with Gasteiger partial charge >= 0.3 is 0 Å². The highest BCUT2D eigenvalue weighted by Gasteiger charge is 1.19. The predicted octanol–water partition coefficient (Wildman–Crippen LogP) is -1.86. The first-order chi connectivity index (χ1) is 2.41. The van der Waals surface area contributed by atoms with Crippen LogP contribution in [0.3, 0.4) is 0 Å². The third kappa shape index (κ3) is 42.1. The summed E-state index contributed by atoms with van der Waals surface area (Å²) in [6.45, 7) is 2.00. The lowest BCUT2D eigenvalue weighted by molar-refractivity contribution is -0.0979. The fraction of sp³-hybridized carbons (Fsp3) is 0. The summed E-state index contributed by atoms with van der Waals surface area (Å²) in [6, 6.07) is 0. The normalized spacial score (nSPS) is 4.40. The fourth-order valence-corrected chi connectivity index (χ4v) is 0. The Bertz CT molecular complexity index is 10.9. The molecule has 0 unspecified atom stereocenters. The van der Waals surface area contributed by atoms with Crippen molar-refractivity contribution in [2.75, 3.05) is 0 Å². The molecule has 5 N–H and O–H groups in total. The summed E-state index contributed by atoms with van der Waals surface area (Å²) in [5.74, 6) is 8.75. The lowest BCUT2D eigenvalue weighted by Crippen LogP contribution is -2.29. The molecule has 0 saturated carbocycles. The number of hydrazine groups is 2. The van der Waals surface area contributed by atoms with Crippen LogP contribution in [-0.4, -0.2) is 6.79 Å². The highest BCUT2D eigenvalue weighted by Crippen LogP contribution is 0.559. The molecule has 0 amide bonds. The minimum absolute atomic E-state index is 1.75. The molecule has 0 aromatic heterocycles. The summed E-state index contributed by atoms with van der Waals surface area (Å²) in [6.07, 6.45) is 0. The molecule has 0 rings (SSSR count). The van der Waals surface area contributed by atoms with Gasteiger partial charge in [0.15, 0.2) is 0 Å². The van der Waals surface area contributed by atoms with Crippen LogP contribution in [0.5, 0.6) is 0 Å². The Kier molecular flexibility index (Phi) is 135. The van der Waals surface area contributed by atoms with Gasteiger partial charge in [0.2, 0.25) is 0 Å². The van der Waals surface area contributed by atoms with E-state index in [1.165, 1.54) is 0 Å². The van der Waals surface area contributed by atoms with Gasteiger partial charge in [-0.05, 0) is 0 Å². The molecule has 32 valence electrons. The smallest absolute Gasteiger partial charge is 0.106 e. The minimum atomic E-state index is 1.75. The number of hydrogen-bond acceptors (Lipinski definition) is 4. The van der Waals surface area contributed by atoms with Crippen LogP contribution >= 0.6 is 0 Å². The average molecular weight is 77.1 g/mol. The molecule has 0 bridgehead atoms. The summed E-state index contributed by atoms with van der Waals surface area (Å²) in [7, 11) is 0. The first-order valence-electron chi connectivity index (χ1n) is 0.866. The second-order valence-corrected chi connectivity index (χ2v) is 0.167. The van der Waals surface area contributed by atoms with Crippen molar-refractivity contribution in [2.24, 2.45) is 11.7 Å². The summed E-state index contributed by atoms with van der Waals surface area (Å²) in [5.41, 5.74) is 1.75. The molecule has 0 fully saturated rings. The largest absolute Gasteiger partial charge is 0.307 e. The average Bonchev–Trinajstić information content (AvgIpc) is 1.46. The number of carbonyl (C=O) groups excluding carboxylic acids is 1. The molecule has 0 atom stereocenters. The maximum atomic E-state index is 8.00. The summed E-state index contributed by atoms with van der Waals surface area (Å²) in [4.78, 5) is 8.00. The number of carbonyl (C=O) groups is 1. The predicted molar refractivity (Wildman–Crippen MR) is 18.6 cm³/mol. The second kappa shape index (κ2) is 76.3. The molecule has 4 heteroatoms.